The highest BCUT2D eigenvalue weighted by atomic mass is 16.3. The number of carbonyl (C=O) groups excluding carboxylic acids is 2. The van der Waals surface area contributed by atoms with E-state index in [-0.39, 0.29) is 23.8 Å². The van der Waals surface area contributed by atoms with Crippen molar-refractivity contribution in [3.63, 3.8) is 0 Å². The fourth-order valence-corrected chi connectivity index (χ4v) is 5.03. The van der Waals surface area contributed by atoms with Gasteiger partial charge in [0.25, 0.3) is 0 Å². The number of aliphatic hydroxyl groups excluding tert-OH is 1. The Morgan fingerprint density at radius 1 is 1.08 bits per heavy atom. The molecule has 1 aliphatic carbocycles. The van der Waals surface area contributed by atoms with E-state index in [1.807, 2.05) is 4.90 Å². The van der Waals surface area contributed by atoms with Crippen LogP contribution in [0.1, 0.15) is 64.2 Å². The SMILES string of the molecule is O=C(CN1CC[C@]2(CCCN(CCO)C2=O)C1)NC1CCCCCCC1. The lowest BCUT2D eigenvalue weighted by molar-refractivity contribution is -0.146. The van der Waals surface area contributed by atoms with E-state index >= 15 is 0 Å². The second kappa shape index (κ2) is 9.18. The van der Waals surface area contributed by atoms with Gasteiger partial charge in [-0.3, -0.25) is 14.5 Å². The highest BCUT2D eigenvalue weighted by molar-refractivity contribution is 5.84. The lowest BCUT2D eigenvalue weighted by atomic mass is 9.78. The molecular weight excluding hydrogens is 330 g/mol. The third-order valence-corrected chi connectivity index (χ3v) is 6.46. The summed E-state index contributed by atoms with van der Waals surface area (Å²) in [5.41, 5.74) is -0.325. The molecule has 2 N–H and O–H groups in total. The van der Waals surface area contributed by atoms with Crippen LogP contribution in [0.2, 0.25) is 0 Å². The summed E-state index contributed by atoms with van der Waals surface area (Å²) in [6.45, 7) is 3.12. The van der Waals surface area contributed by atoms with Gasteiger partial charge >= 0.3 is 0 Å². The van der Waals surface area contributed by atoms with E-state index in [0.717, 1.165) is 45.2 Å². The number of β-amino-alcohol motifs (C(OH)–C–C–N with tert-alkyl or cyclic N) is 1. The van der Waals surface area contributed by atoms with Crippen molar-refractivity contribution in [3.8, 4) is 0 Å². The first-order valence-electron chi connectivity index (χ1n) is 10.5. The minimum atomic E-state index is -0.325. The molecule has 0 unspecified atom stereocenters. The van der Waals surface area contributed by atoms with Gasteiger partial charge in [0, 0.05) is 25.7 Å². The van der Waals surface area contributed by atoms with E-state index in [2.05, 4.69) is 10.2 Å². The number of nitrogens with zero attached hydrogens (tertiary/aromatic N) is 2. The summed E-state index contributed by atoms with van der Waals surface area (Å²) in [6, 6.07) is 0.329. The zero-order valence-corrected chi connectivity index (χ0v) is 16.0. The average Bonchev–Trinajstić information content (AvgIpc) is 2.98. The van der Waals surface area contributed by atoms with Gasteiger partial charge in [-0.15, -0.1) is 0 Å². The van der Waals surface area contributed by atoms with Crippen LogP contribution < -0.4 is 5.32 Å². The van der Waals surface area contributed by atoms with Crippen LogP contribution in [0.4, 0.5) is 0 Å². The van der Waals surface area contributed by atoms with E-state index in [0.29, 0.717) is 25.7 Å². The van der Waals surface area contributed by atoms with Gasteiger partial charge in [-0.2, -0.15) is 0 Å². The summed E-state index contributed by atoms with van der Waals surface area (Å²) >= 11 is 0. The molecule has 3 aliphatic rings. The fraction of sp³-hybridized carbons (Fsp3) is 0.900. The molecule has 148 valence electrons. The molecule has 1 spiro atoms. The van der Waals surface area contributed by atoms with Crippen LogP contribution in [0.5, 0.6) is 0 Å². The molecule has 0 radical (unpaired) electrons. The van der Waals surface area contributed by atoms with Gasteiger partial charge in [0.05, 0.1) is 18.6 Å². The highest BCUT2D eigenvalue weighted by Crippen LogP contribution is 2.39. The maximum absolute atomic E-state index is 12.8. The number of rotatable bonds is 5. The molecule has 2 amide bonds. The molecule has 2 heterocycles. The number of likely N-dealkylation sites (tertiary alicyclic amines) is 2. The van der Waals surface area contributed by atoms with Crippen LogP contribution >= 0.6 is 0 Å². The van der Waals surface area contributed by atoms with Crippen LogP contribution in [0.25, 0.3) is 0 Å². The van der Waals surface area contributed by atoms with Crippen LogP contribution in [0, 0.1) is 5.41 Å². The van der Waals surface area contributed by atoms with Gasteiger partial charge in [0.1, 0.15) is 0 Å². The van der Waals surface area contributed by atoms with Gasteiger partial charge in [-0.1, -0.05) is 32.1 Å². The maximum atomic E-state index is 12.8. The monoisotopic (exact) mass is 365 g/mol. The summed E-state index contributed by atoms with van der Waals surface area (Å²) in [6.07, 6.45) is 11.3. The Kier molecular flexibility index (Phi) is 6.92. The van der Waals surface area contributed by atoms with Crippen molar-refractivity contribution < 1.29 is 14.7 Å². The largest absolute Gasteiger partial charge is 0.395 e. The third kappa shape index (κ3) is 4.77. The first-order valence-corrected chi connectivity index (χ1v) is 10.5. The van der Waals surface area contributed by atoms with E-state index in [4.69, 9.17) is 0 Å². The molecule has 1 saturated carbocycles. The second-order valence-corrected chi connectivity index (χ2v) is 8.47. The van der Waals surface area contributed by atoms with Crippen molar-refractivity contribution in [2.24, 2.45) is 5.41 Å². The van der Waals surface area contributed by atoms with Crippen molar-refractivity contribution in [2.75, 3.05) is 39.3 Å². The topological polar surface area (TPSA) is 72.9 Å². The number of hydrogen-bond acceptors (Lipinski definition) is 4. The van der Waals surface area contributed by atoms with E-state index in [1.54, 1.807) is 0 Å². The lowest BCUT2D eigenvalue weighted by Gasteiger charge is -2.39. The molecule has 3 rings (SSSR count). The molecule has 0 aromatic rings. The van der Waals surface area contributed by atoms with E-state index in [9.17, 15) is 14.7 Å². The van der Waals surface area contributed by atoms with Crippen molar-refractivity contribution in [2.45, 2.75) is 70.3 Å². The average molecular weight is 366 g/mol. The first-order chi connectivity index (χ1) is 12.6. The summed E-state index contributed by atoms with van der Waals surface area (Å²) in [7, 11) is 0. The smallest absolute Gasteiger partial charge is 0.234 e. The first kappa shape index (κ1) is 19.6. The van der Waals surface area contributed by atoms with Gasteiger partial charge in [0.15, 0.2) is 0 Å². The fourth-order valence-electron chi connectivity index (χ4n) is 5.03. The number of carbonyl (C=O) groups is 2. The molecule has 3 fully saturated rings. The summed E-state index contributed by atoms with van der Waals surface area (Å²) in [5.74, 6) is 0.295. The molecule has 2 saturated heterocycles. The maximum Gasteiger partial charge on any atom is 0.234 e. The quantitative estimate of drug-likeness (QED) is 0.775. The molecule has 0 bridgehead atoms. The van der Waals surface area contributed by atoms with Crippen molar-refractivity contribution in [1.82, 2.24) is 15.1 Å². The zero-order valence-electron chi connectivity index (χ0n) is 16.0. The van der Waals surface area contributed by atoms with E-state index in [1.165, 1.54) is 32.1 Å². The standard InChI is InChI=1S/C20H35N3O3/c24-14-13-23-11-6-9-20(19(23)26)10-12-22(16-20)15-18(25)21-17-7-4-2-1-3-5-8-17/h17,24H,1-16H2,(H,21,25)/t20-/m1/s1. The Bertz CT molecular complexity index is 489. The molecule has 0 aromatic carbocycles. The third-order valence-electron chi connectivity index (χ3n) is 6.46. The van der Waals surface area contributed by atoms with Crippen molar-refractivity contribution in [1.29, 1.82) is 0 Å². The lowest BCUT2D eigenvalue weighted by Crippen LogP contribution is -2.51. The normalized spacial score (nSPS) is 29.0. The van der Waals surface area contributed by atoms with Crippen LogP contribution in [-0.4, -0.2) is 72.1 Å². The van der Waals surface area contributed by atoms with Crippen LogP contribution in [0.3, 0.4) is 0 Å². The Balaban J connectivity index is 1.49. The molecule has 26 heavy (non-hydrogen) atoms. The molecule has 6 heteroatoms. The Morgan fingerprint density at radius 2 is 1.81 bits per heavy atom. The summed E-state index contributed by atoms with van der Waals surface area (Å²) in [4.78, 5) is 29.3. The molecule has 2 aliphatic heterocycles. The predicted molar refractivity (Wildman–Crippen MR) is 101 cm³/mol. The summed E-state index contributed by atoms with van der Waals surface area (Å²) < 4.78 is 0. The highest BCUT2D eigenvalue weighted by Gasteiger charge is 2.48. The van der Waals surface area contributed by atoms with Crippen molar-refractivity contribution >= 4 is 11.8 Å². The Labute approximate surface area is 157 Å². The van der Waals surface area contributed by atoms with Gasteiger partial charge in [0.2, 0.25) is 11.8 Å². The Morgan fingerprint density at radius 3 is 2.54 bits per heavy atom. The molecule has 1 atom stereocenters. The van der Waals surface area contributed by atoms with Gasteiger partial charge in [-0.25, -0.2) is 0 Å². The minimum absolute atomic E-state index is 0.0231. The van der Waals surface area contributed by atoms with Crippen LogP contribution in [-0.2, 0) is 9.59 Å². The van der Waals surface area contributed by atoms with Gasteiger partial charge < -0.3 is 15.3 Å². The van der Waals surface area contributed by atoms with E-state index < -0.39 is 0 Å². The molecule has 0 aromatic heterocycles. The van der Waals surface area contributed by atoms with Crippen molar-refractivity contribution in [3.05, 3.63) is 0 Å². The predicted octanol–water partition coefficient (Wildman–Crippen LogP) is 1.52. The van der Waals surface area contributed by atoms with Crippen LogP contribution in [0.15, 0.2) is 0 Å². The zero-order chi connectivity index (χ0) is 18.4. The number of aliphatic hydroxyl groups is 1. The molecule has 6 nitrogen and oxygen atoms in total. The number of amides is 2. The number of hydrogen-bond donors (Lipinski definition) is 2. The molecular formula is C20H35N3O3. The van der Waals surface area contributed by atoms with Gasteiger partial charge in [-0.05, 0) is 38.6 Å². The number of piperidine rings is 1. The second-order valence-electron chi connectivity index (χ2n) is 8.47. The summed E-state index contributed by atoms with van der Waals surface area (Å²) in [5, 5.41) is 12.4. The Hall–Kier alpha value is -1.14. The number of nitrogens with one attached hydrogen (secondary N) is 1. The minimum Gasteiger partial charge on any atom is -0.395 e.